The molecule has 17 heavy (non-hydrogen) atoms. The van der Waals surface area contributed by atoms with Gasteiger partial charge in [-0.05, 0) is 12.1 Å². The molecule has 3 rings (SSSR count). The third-order valence-electron chi connectivity index (χ3n) is 2.82. The topological polar surface area (TPSA) is 46.3 Å². The molecule has 3 aromatic rings. The van der Waals surface area contributed by atoms with Gasteiger partial charge in [-0.15, -0.1) is 0 Å². The minimum atomic E-state index is -0.702. The van der Waals surface area contributed by atoms with Gasteiger partial charge < -0.3 is 9.52 Å². The van der Waals surface area contributed by atoms with Crippen molar-refractivity contribution in [2.45, 2.75) is 6.10 Å². The fourth-order valence-electron chi connectivity index (χ4n) is 1.96. The molecule has 3 heteroatoms. The van der Waals surface area contributed by atoms with Crippen molar-refractivity contribution in [1.29, 1.82) is 0 Å². The number of aromatic nitrogens is 1. The van der Waals surface area contributed by atoms with E-state index < -0.39 is 6.10 Å². The molecule has 0 aliphatic heterocycles. The number of rotatable bonds is 2. The molecular weight excluding hydrogens is 214 g/mol. The van der Waals surface area contributed by atoms with E-state index in [9.17, 15) is 5.11 Å². The van der Waals surface area contributed by atoms with Crippen molar-refractivity contribution in [1.82, 2.24) is 4.98 Å². The largest absolute Gasteiger partial charge is 0.472 e. The summed E-state index contributed by atoms with van der Waals surface area (Å²) in [5.74, 6) is 0. The van der Waals surface area contributed by atoms with Crippen LogP contribution in [0.15, 0.2) is 59.5 Å². The molecule has 0 saturated carbocycles. The maximum Gasteiger partial charge on any atom is 0.109 e. The number of aliphatic hydroxyl groups excluding tert-OH is 1. The maximum atomic E-state index is 10.3. The zero-order valence-corrected chi connectivity index (χ0v) is 9.08. The summed E-state index contributed by atoms with van der Waals surface area (Å²) in [5, 5.41) is 11.3. The fraction of sp³-hybridized carbons (Fsp3) is 0.0714. The van der Waals surface area contributed by atoms with Crippen LogP contribution in [0.1, 0.15) is 17.2 Å². The van der Waals surface area contributed by atoms with Crippen molar-refractivity contribution in [2.75, 3.05) is 0 Å². The average Bonchev–Trinajstić information content (AvgIpc) is 2.91. The first kappa shape index (κ1) is 10.1. The van der Waals surface area contributed by atoms with Crippen molar-refractivity contribution in [3.63, 3.8) is 0 Å². The molecule has 2 aromatic heterocycles. The van der Waals surface area contributed by atoms with E-state index in [0.717, 1.165) is 22.0 Å². The molecule has 84 valence electrons. The van der Waals surface area contributed by atoms with E-state index in [2.05, 4.69) is 4.98 Å². The zero-order valence-electron chi connectivity index (χ0n) is 9.08. The Labute approximate surface area is 98.3 Å². The molecule has 0 saturated heterocycles. The SMILES string of the molecule is OC(c1ccoc1)c1cccc2cccnc12. The minimum absolute atomic E-state index is 0.702. The number of benzene rings is 1. The molecule has 0 radical (unpaired) electrons. The molecule has 0 aliphatic rings. The van der Waals surface area contributed by atoms with Crippen LogP contribution in [-0.2, 0) is 0 Å². The molecule has 0 aliphatic carbocycles. The van der Waals surface area contributed by atoms with Crippen LogP contribution in [0.25, 0.3) is 10.9 Å². The van der Waals surface area contributed by atoms with Gasteiger partial charge in [0.1, 0.15) is 6.10 Å². The summed E-state index contributed by atoms with van der Waals surface area (Å²) in [4.78, 5) is 4.32. The van der Waals surface area contributed by atoms with Gasteiger partial charge >= 0.3 is 0 Å². The lowest BCUT2D eigenvalue weighted by atomic mass is 10.0. The highest BCUT2D eigenvalue weighted by molar-refractivity contribution is 5.82. The average molecular weight is 225 g/mol. The second kappa shape index (κ2) is 4.03. The maximum absolute atomic E-state index is 10.3. The van der Waals surface area contributed by atoms with Crippen molar-refractivity contribution in [3.05, 3.63) is 66.2 Å². The quantitative estimate of drug-likeness (QED) is 0.729. The van der Waals surface area contributed by atoms with Crippen LogP contribution in [-0.4, -0.2) is 10.1 Å². The Kier molecular flexibility index (Phi) is 2.38. The lowest BCUT2D eigenvalue weighted by Crippen LogP contribution is -1.99. The number of furan rings is 1. The first-order valence-corrected chi connectivity index (χ1v) is 5.40. The highest BCUT2D eigenvalue weighted by atomic mass is 16.3. The summed E-state index contributed by atoms with van der Waals surface area (Å²) in [6.45, 7) is 0. The molecule has 0 spiro atoms. The lowest BCUT2D eigenvalue weighted by molar-refractivity contribution is 0.220. The standard InChI is InChI=1S/C14H11NO2/c16-14(11-6-8-17-9-11)12-5-1-3-10-4-2-7-15-13(10)12/h1-9,14,16H. The van der Waals surface area contributed by atoms with Gasteiger partial charge in [-0.1, -0.05) is 24.3 Å². The number of aliphatic hydroxyl groups is 1. The van der Waals surface area contributed by atoms with Crippen molar-refractivity contribution in [2.24, 2.45) is 0 Å². The number of para-hydroxylation sites is 1. The smallest absolute Gasteiger partial charge is 0.109 e. The second-order valence-corrected chi connectivity index (χ2v) is 3.88. The van der Waals surface area contributed by atoms with Gasteiger partial charge in [-0.3, -0.25) is 4.98 Å². The van der Waals surface area contributed by atoms with E-state index in [-0.39, 0.29) is 0 Å². The minimum Gasteiger partial charge on any atom is -0.472 e. The molecule has 1 N–H and O–H groups in total. The predicted octanol–water partition coefficient (Wildman–Crippen LogP) is 2.91. The lowest BCUT2D eigenvalue weighted by Gasteiger charge is -2.11. The van der Waals surface area contributed by atoms with Gasteiger partial charge in [0.2, 0.25) is 0 Å². The van der Waals surface area contributed by atoms with Crippen LogP contribution >= 0.6 is 0 Å². The number of hydrogen-bond donors (Lipinski definition) is 1. The molecular formula is C14H11NO2. The Morgan fingerprint density at radius 3 is 2.82 bits per heavy atom. The fourth-order valence-corrected chi connectivity index (χ4v) is 1.96. The molecule has 1 atom stereocenters. The van der Waals surface area contributed by atoms with E-state index in [1.165, 1.54) is 0 Å². The number of fused-ring (bicyclic) bond motifs is 1. The van der Waals surface area contributed by atoms with E-state index >= 15 is 0 Å². The summed E-state index contributed by atoms with van der Waals surface area (Å²) < 4.78 is 4.99. The van der Waals surface area contributed by atoms with Crippen molar-refractivity contribution >= 4 is 10.9 Å². The van der Waals surface area contributed by atoms with Crippen molar-refractivity contribution in [3.8, 4) is 0 Å². The molecule has 0 amide bonds. The van der Waals surface area contributed by atoms with Gasteiger partial charge in [-0.25, -0.2) is 0 Å². The summed E-state index contributed by atoms with van der Waals surface area (Å²) in [6.07, 6.45) is 4.13. The highest BCUT2D eigenvalue weighted by Crippen LogP contribution is 2.27. The third kappa shape index (κ3) is 1.70. The summed E-state index contributed by atoms with van der Waals surface area (Å²) >= 11 is 0. The number of nitrogens with zero attached hydrogens (tertiary/aromatic N) is 1. The van der Waals surface area contributed by atoms with Crippen LogP contribution in [0.2, 0.25) is 0 Å². The predicted molar refractivity (Wildman–Crippen MR) is 64.5 cm³/mol. The monoisotopic (exact) mass is 225 g/mol. The van der Waals surface area contributed by atoms with Gasteiger partial charge in [0, 0.05) is 22.7 Å². The molecule has 2 heterocycles. The molecule has 1 aromatic carbocycles. The second-order valence-electron chi connectivity index (χ2n) is 3.88. The van der Waals surface area contributed by atoms with E-state index in [4.69, 9.17) is 4.42 Å². The van der Waals surface area contributed by atoms with Crippen LogP contribution in [0.5, 0.6) is 0 Å². The van der Waals surface area contributed by atoms with E-state index in [1.54, 1.807) is 24.8 Å². The van der Waals surface area contributed by atoms with Gasteiger partial charge in [-0.2, -0.15) is 0 Å². The first-order valence-electron chi connectivity index (χ1n) is 5.40. The van der Waals surface area contributed by atoms with E-state index in [1.807, 2.05) is 30.3 Å². The Morgan fingerprint density at radius 1 is 1.12 bits per heavy atom. The van der Waals surface area contributed by atoms with Gasteiger partial charge in [0.05, 0.1) is 18.0 Å². The molecule has 0 bridgehead atoms. The number of pyridine rings is 1. The first-order chi connectivity index (χ1) is 8.36. The van der Waals surface area contributed by atoms with Gasteiger partial charge in [0.15, 0.2) is 0 Å². The normalized spacial score (nSPS) is 12.8. The van der Waals surface area contributed by atoms with Crippen LogP contribution in [0.4, 0.5) is 0 Å². The van der Waals surface area contributed by atoms with Crippen LogP contribution in [0.3, 0.4) is 0 Å². The Morgan fingerprint density at radius 2 is 2.00 bits per heavy atom. The highest BCUT2D eigenvalue weighted by Gasteiger charge is 2.14. The molecule has 3 nitrogen and oxygen atoms in total. The van der Waals surface area contributed by atoms with E-state index in [0.29, 0.717) is 0 Å². The zero-order chi connectivity index (χ0) is 11.7. The Bertz CT molecular complexity index is 626. The molecule has 1 unspecified atom stereocenters. The Balaban J connectivity index is 2.17. The summed E-state index contributed by atoms with van der Waals surface area (Å²) in [6, 6.07) is 11.4. The van der Waals surface area contributed by atoms with Gasteiger partial charge in [0.25, 0.3) is 0 Å². The summed E-state index contributed by atoms with van der Waals surface area (Å²) in [7, 11) is 0. The number of hydrogen-bond acceptors (Lipinski definition) is 3. The Hall–Kier alpha value is -2.13. The third-order valence-corrected chi connectivity index (χ3v) is 2.82. The summed E-state index contributed by atoms with van der Waals surface area (Å²) in [5.41, 5.74) is 2.36. The van der Waals surface area contributed by atoms with Crippen molar-refractivity contribution < 1.29 is 9.52 Å². The molecule has 0 fully saturated rings. The van der Waals surface area contributed by atoms with Crippen LogP contribution < -0.4 is 0 Å². The van der Waals surface area contributed by atoms with Crippen LogP contribution in [0, 0.1) is 0 Å².